The molecule has 0 amide bonds. The maximum absolute atomic E-state index is 13.6. The second-order valence-electron chi connectivity index (χ2n) is 11.7. The average Bonchev–Trinajstić information content (AvgIpc) is 2.71. The Morgan fingerprint density at radius 1 is 0.848 bits per heavy atom. The first-order chi connectivity index (χ1) is 15.1. The molecule has 2 aromatic carbocycles. The van der Waals surface area contributed by atoms with Crippen LogP contribution >= 0.6 is 0 Å². The highest BCUT2D eigenvalue weighted by Crippen LogP contribution is 2.41. The Morgan fingerprint density at radius 3 is 1.58 bits per heavy atom. The number of ether oxygens (including phenoxy) is 1. The van der Waals surface area contributed by atoms with Crippen molar-refractivity contribution in [2.75, 3.05) is 0 Å². The number of rotatable bonds is 6. The maximum atomic E-state index is 13.6. The Labute approximate surface area is 201 Å². The first-order valence-corrected chi connectivity index (χ1v) is 12.4. The van der Waals surface area contributed by atoms with Crippen LogP contribution in [0.15, 0.2) is 24.3 Å². The maximum Gasteiger partial charge on any atom is 0.343 e. The molecular formula is C30H44O3. The zero-order valence-electron chi connectivity index (χ0n) is 22.6. The molecule has 0 radical (unpaired) electrons. The van der Waals surface area contributed by atoms with Crippen molar-refractivity contribution in [2.24, 2.45) is 0 Å². The molecule has 0 aromatic heterocycles. The summed E-state index contributed by atoms with van der Waals surface area (Å²) >= 11 is 0. The minimum Gasteiger partial charge on any atom is -0.507 e. The molecule has 0 aliphatic carbocycles. The summed E-state index contributed by atoms with van der Waals surface area (Å²) in [7, 11) is 0. The molecule has 2 aromatic rings. The second-order valence-corrected chi connectivity index (χ2v) is 11.7. The van der Waals surface area contributed by atoms with Crippen LogP contribution in [0.5, 0.6) is 11.5 Å². The van der Waals surface area contributed by atoms with Gasteiger partial charge in [0.1, 0.15) is 11.5 Å². The van der Waals surface area contributed by atoms with Gasteiger partial charge in [0, 0.05) is 11.1 Å². The zero-order chi connectivity index (χ0) is 25.3. The van der Waals surface area contributed by atoms with Gasteiger partial charge in [-0.05, 0) is 65.7 Å². The van der Waals surface area contributed by atoms with E-state index in [2.05, 4.69) is 46.8 Å². The molecule has 0 heterocycles. The van der Waals surface area contributed by atoms with E-state index < -0.39 is 0 Å². The van der Waals surface area contributed by atoms with Crippen molar-refractivity contribution in [3.63, 3.8) is 0 Å². The molecule has 0 aliphatic rings. The summed E-state index contributed by atoms with van der Waals surface area (Å²) in [6, 6.07) is 7.90. The molecule has 182 valence electrons. The van der Waals surface area contributed by atoms with Crippen molar-refractivity contribution in [2.45, 2.75) is 112 Å². The summed E-state index contributed by atoms with van der Waals surface area (Å²) in [6.07, 6.45) is 1.94. The molecule has 0 aliphatic heterocycles. The molecular weight excluding hydrogens is 408 g/mol. The third-order valence-corrected chi connectivity index (χ3v) is 6.73. The molecule has 2 unspecified atom stereocenters. The highest BCUT2D eigenvalue weighted by atomic mass is 16.5. The quantitative estimate of drug-likeness (QED) is 0.353. The standard InChI is InChI=1S/C30H44O3/c1-12-19(4)22-14-18(3)15-23(20(5)13-2)27(22)33-28(32)21-16-24(29(6,7)8)26(31)25(17-21)30(9,10)11/h14-17,19-20,31H,12-13H2,1-11H3. The highest BCUT2D eigenvalue weighted by molar-refractivity contribution is 5.92. The van der Waals surface area contributed by atoms with Gasteiger partial charge in [-0.15, -0.1) is 0 Å². The fraction of sp³-hybridized carbons (Fsp3) is 0.567. The number of carbonyl (C=O) groups excluding carboxylic acids is 1. The van der Waals surface area contributed by atoms with Gasteiger partial charge < -0.3 is 9.84 Å². The summed E-state index contributed by atoms with van der Waals surface area (Å²) < 4.78 is 6.22. The topological polar surface area (TPSA) is 46.5 Å². The van der Waals surface area contributed by atoms with Crippen LogP contribution in [0.25, 0.3) is 0 Å². The van der Waals surface area contributed by atoms with E-state index in [4.69, 9.17) is 4.74 Å². The molecule has 2 atom stereocenters. The van der Waals surface area contributed by atoms with Crippen molar-refractivity contribution in [1.29, 1.82) is 0 Å². The summed E-state index contributed by atoms with van der Waals surface area (Å²) in [5.74, 6) is 1.17. The van der Waals surface area contributed by atoms with Gasteiger partial charge in [-0.2, -0.15) is 0 Å². The van der Waals surface area contributed by atoms with Gasteiger partial charge in [-0.1, -0.05) is 86.9 Å². The number of esters is 1. The molecule has 0 spiro atoms. The molecule has 3 nitrogen and oxygen atoms in total. The van der Waals surface area contributed by atoms with Crippen LogP contribution in [0.4, 0.5) is 0 Å². The zero-order valence-corrected chi connectivity index (χ0v) is 22.6. The lowest BCUT2D eigenvalue weighted by Gasteiger charge is -2.28. The molecule has 1 N–H and O–H groups in total. The Balaban J connectivity index is 2.70. The number of benzene rings is 2. The fourth-order valence-electron chi connectivity index (χ4n) is 4.17. The molecule has 3 heteroatoms. The van der Waals surface area contributed by atoms with Crippen LogP contribution in [-0.2, 0) is 10.8 Å². The van der Waals surface area contributed by atoms with Gasteiger partial charge in [0.25, 0.3) is 0 Å². The van der Waals surface area contributed by atoms with Gasteiger partial charge in [-0.3, -0.25) is 0 Å². The van der Waals surface area contributed by atoms with Gasteiger partial charge in [0.2, 0.25) is 0 Å². The van der Waals surface area contributed by atoms with Gasteiger partial charge in [-0.25, -0.2) is 4.79 Å². The van der Waals surface area contributed by atoms with Gasteiger partial charge in [0.05, 0.1) is 5.56 Å². The van der Waals surface area contributed by atoms with Crippen molar-refractivity contribution in [1.82, 2.24) is 0 Å². The fourth-order valence-corrected chi connectivity index (χ4v) is 4.17. The lowest BCUT2D eigenvalue weighted by Crippen LogP contribution is -2.20. The van der Waals surface area contributed by atoms with Crippen molar-refractivity contribution in [3.05, 3.63) is 57.6 Å². The number of aryl methyl sites for hydroxylation is 1. The smallest absolute Gasteiger partial charge is 0.343 e. The number of hydrogen-bond acceptors (Lipinski definition) is 3. The molecule has 0 saturated carbocycles. The third kappa shape index (κ3) is 5.99. The van der Waals surface area contributed by atoms with Gasteiger partial charge >= 0.3 is 5.97 Å². The predicted octanol–water partition coefficient (Wildman–Crippen LogP) is 8.54. The van der Waals surface area contributed by atoms with Crippen LogP contribution in [0.3, 0.4) is 0 Å². The van der Waals surface area contributed by atoms with E-state index in [-0.39, 0.29) is 34.4 Å². The van der Waals surface area contributed by atoms with Crippen LogP contribution in [0.2, 0.25) is 0 Å². The van der Waals surface area contributed by atoms with Crippen LogP contribution in [0, 0.1) is 6.92 Å². The van der Waals surface area contributed by atoms with Crippen LogP contribution in [0.1, 0.15) is 132 Å². The Hall–Kier alpha value is -2.29. The number of phenols is 1. The van der Waals surface area contributed by atoms with Crippen LogP contribution in [-0.4, -0.2) is 11.1 Å². The average molecular weight is 453 g/mol. The summed E-state index contributed by atoms with van der Waals surface area (Å²) in [6.45, 7) is 23.1. The Morgan fingerprint density at radius 2 is 1.24 bits per heavy atom. The number of aromatic hydroxyl groups is 1. The highest BCUT2D eigenvalue weighted by Gasteiger charge is 2.29. The number of phenolic OH excluding ortho intramolecular Hbond substituents is 1. The van der Waals surface area contributed by atoms with Crippen molar-refractivity contribution < 1.29 is 14.6 Å². The first kappa shape index (κ1) is 27.0. The monoisotopic (exact) mass is 452 g/mol. The van der Waals surface area contributed by atoms with E-state index in [0.29, 0.717) is 11.3 Å². The van der Waals surface area contributed by atoms with E-state index in [0.717, 1.165) is 35.1 Å². The first-order valence-electron chi connectivity index (χ1n) is 12.4. The molecule has 0 fully saturated rings. The van der Waals surface area contributed by atoms with E-state index in [1.807, 2.05) is 41.5 Å². The minimum absolute atomic E-state index is 0.266. The molecule has 0 saturated heterocycles. The Kier molecular flexibility index (Phi) is 8.10. The van der Waals surface area contributed by atoms with Crippen molar-refractivity contribution in [3.8, 4) is 11.5 Å². The predicted molar refractivity (Wildman–Crippen MR) is 139 cm³/mol. The second kappa shape index (κ2) is 9.91. The normalized spacial score (nSPS) is 14.2. The Bertz CT molecular complexity index is 936. The third-order valence-electron chi connectivity index (χ3n) is 6.73. The molecule has 2 rings (SSSR count). The summed E-state index contributed by atoms with van der Waals surface area (Å²) in [4.78, 5) is 13.6. The van der Waals surface area contributed by atoms with Crippen LogP contribution < -0.4 is 4.74 Å². The van der Waals surface area contributed by atoms with Crippen molar-refractivity contribution >= 4 is 5.97 Å². The summed E-state index contributed by atoms with van der Waals surface area (Å²) in [5, 5.41) is 11.0. The van der Waals surface area contributed by atoms with Gasteiger partial charge in [0.15, 0.2) is 0 Å². The molecule has 0 bridgehead atoms. The largest absolute Gasteiger partial charge is 0.507 e. The number of carbonyl (C=O) groups is 1. The number of hydrogen-bond donors (Lipinski definition) is 1. The lowest BCUT2D eigenvalue weighted by molar-refractivity contribution is 0.0730. The SMILES string of the molecule is CCC(C)c1cc(C)cc(C(C)CC)c1OC(=O)c1cc(C(C)(C)C)c(O)c(C(C)(C)C)c1. The minimum atomic E-state index is -0.371. The van der Waals surface area contributed by atoms with E-state index >= 15 is 0 Å². The van der Waals surface area contributed by atoms with E-state index in [1.165, 1.54) is 5.56 Å². The van der Waals surface area contributed by atoms with E-state index in [1.54, 1.807) is 12.1 Å². The lowest BCUT2D eigenvalue weighted by atomic mass is 9.78. The summed E-state index contributed by atoms with van der Waals surface area (Å²) in [5.41, 5.74) is 4.75. The molecule has 33 heavy (non-hydrogen) atoms. The van der Waals surface area contributed by atoms with E-state index in [9.17, 15) is 9.90 Å².